The standard InChI is InChI=1S/C12H14N2O6/c1-2-20-12(15)11(14(18)19)10(8-13(16)17)9-6-4-3-5-7-9/h3-7,10-11H,2,8H2,1H3. The number of hydrogen-bond donors (Lipinski definition) is 0. The van der Waals surface area contributed by atoms with Crippen molar-refractivity contribution in [2.24, 2.45) is 0 Å². The van der Waals surface area contributed by atoms with Gasteiger partial charge in [-0.1, -0.05) is 30.3 Å². The van der Waals surface area contributed by atoms with Crippen LogP contribution in [0, 0.1) is 20.2 Å². The van der Waals surface area contributed by atoms with Gasteiger partial charge in [0.2, 0.25) is 6.54 Å². The Kier molecular flexibility index (Phi) is 5.57. The van der Waals surface area contributed by atoms with Crippen molar-refractivity contribution in [2.75, 3.05) is 13.2 Å². The predicted octanol–water partition coefficient (Wildman–Crippen LogP) is 1.26. The Morgan fingerprint density at radius 2 is 1.85 bits per heavy atom. The molecular formula is C12H14N2O6. The number of nitrogens with zero attached hydrogens (tertiary/aromatic N) is 2. The fraction of sp³-hybridized carbons (Fsp3) is 0.417. The Morgan fingerprint density at radius 3 is 2.30 bits per heavy atom. The van der Waals surface area contributed by atoms with E-state index >= 15 is 0 Å². The molecule has 1 aromatic carbocycles. The van der Waals surface area contributed by atoms with Crippen molar-refractivity contribution >= 4 is 5.97 Å². The number of nitro groups is 2. The first-order valence-electron chi connectivity index (χ1n) is 5.94. The van der Waals surface area contributed by atoms with Gasteiger partial charge in [-0.25, -0.2) is 4.79 Å². The van der Waals surface area contributed by atoms with Gasteiger partial charge < -0.3 is 4.74 Å². The van der Waals surface area contributed by atoms with Crippen molar-refractivity contribution in [2.45, 2.75) is 18.9 Å². The van der Waals surface area contributed by atoms with Crippen LogP contribution in [0.1, 0.15) is 18.4 Å². The summed E-state index contributed by atoms with van der Waals surface area (Å²) < 4.78 is 4.65. The number of carbonyl (C=O) groups excluding carboxylic acids is 1. The van der Waals surface area contributed by atoms with Gasteiger partial charge in [0.25, 0.3) is 0 Å². The fourth-order valence-corrected chi connectivity index (χ4v) is 1.87. The lowest BCUT2D eigenvalue weighted by Gasteiger charge is -2.16. The van der Waals surface area contributed by atoms with E-state index in [0.717, 1.165) is 0 Å². The SMILES string of the molecule is CCOC(=O)C(C(C[N+](=O)[O-])c1ccccc1)[N+](=O)[O-]. The molecular weight excluding hydrogens is 268 g/mol. The van der Waals surface area contributed by atoms with Crippen LogP contribution in [-0.2, 0) is 9.53 Å². The van der Waals surface area contributed by atoms with E-state index < -0.39 is 34.3 Å². The lowest BCUT2D eigenvalue weighted by Crippen LogP contribution is -2.40. The summed E-state index contributed by atoms with van der Waals surface area (Å²) in [7, 11) is 0. The van der Waals surface area contributed by atoms with E-state index in [0.29, 0.717) is 5.56 Å². The van der Waals surface area contributed by atoms with Crippen molar-refractivity contribution < 1.29 is 19.4 Å². The third-order valence-corrected chi connectivity index (χ3v) is 2.71. The number of ether oxygens (including phenoxy) is 1. The van der Waals surface area contributed by atoms with Crippen LogP contribution in [0.2, 0.25) is 0 Å². The molecule has 0 N–H and O–H groups in total. The minimum absolute atomic E-state index is 0.0247. The highest BCUT2D eigenvalue weighted by Crippen LogP contribution is 2.23. The monoisotopic (exact) mass is 282 g/mol. The number of benzene rings is 1. The van der Waals surface area contributed by atoms with Gasteiger partial charge in [0.05, 0.1) is 6.61 Å². The van der Waals surface area contributed by atoms with E-state index in [1.807, 2.05) is 0 Å². The molecule has 0 bridgehead atoms. The van der Waals surface area contributed by atoms with E-state index in [1.54, 1.807) is 18.2 Å². The van der Waals surface area contributed by atoms with Crippen LogP contribution in [0.3, 0.4) is 0 Å². The average Bonchev–Trinajstić information content (AvgIpc) is 2.38. The van der Waals surface area contributed by atoms with E-state index in [1.165, 1.54) is 19.1 Å². The largest absolute Gasteiger partial charge is 0.461 e. The highest BCUT2D eigenvalue weighted by atomic mass is 16.6. The van der Waals surface area contributed by atoms with Crippen LogP contribution in [0.15, 0.2) is 30.3 Å². The Balaban J connectivity index is 3.15. The van der Waals surface area contributed by atoms with Gasteiger partial charge in [-0.2, -0.15) is 0 Å². The quantitative estimate of drug-likeness (QED) is 0.422. The van der Waals surface area contributed by atoms with Crippen molar-refractivity contribution in [1.82, 2.24) is 0 Å². The summed E-state index contributed by atoms with van der Waals surface area (Å²) in [5.41, 5.74) is 0.360. The summed E-state index contributed by atoms with van der Waals surface area (Å²) in [6.07, 6.45) is 0. The maximum atomic E-state index is 11.7. The molecule has 1 aromatic rings. The molecule has 0 aromatic heterocycles. The van der Waals surface area contributed by atoms with Crippen LogP contribution in [0.4, 0.5) is 0 Å². The third-order valence-electron chi connectivity index (χ3n) is 2.71. The summed E-state index contributed by atoms with van der Waals surface area (Å²) >= 11 is 0. The molecule has 0 aliphatic rings. The molecule has 0 saturated carbocycles. The molecule has 0 radical (unpaired) electrons. The van der Waals surface area contributed by atoms with Crippen LogP contribution in [-0.4, -0.2) is 35.0 Å². The number of hydrogen-bond acceptors (Lipinski definition) is 6. The Hall–Kier alpha value is -2.51. The number of rotatable bonds is 7. The Labute approximate surface area is 114 Å². The van der Waals surface area contributed by atoms with Crippen LogP contribution in [0.5, 0.6) is 0 Å². The highest BCUT2D eigenvalue weighted by molar-refractivity contribution is 5.75. The van der Waals surface area contributed by atoms with Gasteiger partial charge in [0.1, 0.15) is 5.92 Å². The molecule has 0 spiro atoms. The van der Waals surface area contributed by atoms with Crippen molar-refractivity contribution in [1.29, 1.82) is 0 Å². The molecule has 0 aliphatic carbocycles. The molecule has 0 amide bonds. The number of esters is 1. The minimum atomic E-state index is -1.79. The smallest absolute Gasteiger partial charge is 0.382 e. The van der Waals surface area contributed by atoms with Crippen molar-refractivity contribution in [3.8, 4) is 0 Å². The second-order valence-corrected chi connectivity index (χ2v) is 4.01. The van der Waals surface area contributed by atoms with E-state index in [9.17, 15) is 25.0 Å². The molecule has 8 heteroatoms. The average molecular weight is 282 g/mol. The molecule has 0 fully saturated rings. The van der Waals surface area contributed by atoms with Crippen LogP contribution in [0.25, 0.3) is 0 Å². The molecule has 0 aliphatic heterocycles. The van der Waals surface area contributed by atoms with Gasteiger partial charge in [-0.05, 0) is 12.5 Å². The zero-order valence-corrected chi connectivity index (χ0v) is 10.8. The molecule has 20 heavy (non-hydrogen) atoms. The highest BCUT2D eigenvalue weighted by Gasteiger charge is 2.44. The zero-order chi connectivity index (χ0) is 15.1. The van der Waals surface area contributed by atoms with E-state index in [4.69, 9.17) is 0 Å². The maximum absolute atomic E-state index is 11.7. The lowest BCUT2D eigenvalue weighted by molar-refractivity contribution is -0.537. The maximum Gasteiger partial charge on any atom is 0.382 e. The minimum Gasteiger partial charge on any atom is -0.461 e. The predicted molar refractivity (Wildman–Crippen MR) is 68.5 cm³/mol. The molecule has 108 valence electrons. The summed E-state index contributed by atoms with van der Waals surface area (Å²) in [6.45, 7) is 0.775. The first-order valence-corrected chi connectivity index (χ1v) is 5.94. The third kappa shape index (κ3) is 4.01. The van der Waals surface area contributed by atoms with Gasteiger partial charge in [-0.15, -0.1) is 0 Å². The topological polar surface area (TPSA) is 113 Å². The summed E-state index contributed by atoms with van der Waals surface area (Å²) in [5.74, 6) is -2.23. The molecule has 1 rings (SSSR count). The second kappa shape index (κ2) is 7.17. The normalized spacial score (nSPS) is 13.2. The van der Waals surface area contributed by atoms with Gasteiger partial charge >= 0.3 is 12.0 Å². The zero-order valence-electron chi connectivity index (χ0n) is 10.8. The summed E-state index contributed by atoms with van der Waals surface area (Å²) in [4.78, 5) is 32.0. The molecule has 8 nitrogen and oxygen atoms in total. The molecule has 0 heterocycles. The summed E-state index contributed by atoms with van der Waals surface area (Å²) in [6, 6.07) is 6.13. The molecule has 2 atom stereocenters. The van der Waals surface area contributed by atoms with Gasteiger partial charge in [0, 0.05) is 9.85 Å². The van der Waals surface area contributed by atoms with Gasteiger partial charge in [-0.3, -0.25) is 20.2 Å². The summed E-state index contributed by atoms with van der Waals surface area (Å²) in [5, 5.41) is 21.8. The Bertz CT molecular complexity index is 490. The second-order valence-electron chi connectivity index (χ2n) is 4.01. The Morgan fingerprint density at radius 1 is 1.25 bits per heavy atom. The first kappa shape index (κ1) is 15.5. The van der Waals surface area contributed by atoms with Crippen molar-refractivity contribution in [3.63, 3.8) is 0 Å². The number of carbonyl (C=O) groups is 1. The van der Waals surface area contributed by atoms with E-state index in [2.05, 4.69) is 4.74 Å². The molecule has 0 saturated heterocycles. The van der Waals surface area contributed by atoms with E-state index in [-0.39, 0.29) is 6.61 Å². The van der Waals surface area contributed by atoms with Crippen molar-refractivity contribution in [3.05, 3.63) is 56.1 Å². The van der Waals surface area contributed by atoms with Crippen LogP contribution >= 0.6 is 0 Å². The van der Waals surface area contributed by atoms with Gasteiger partial charge in [0.15, 0.2) is 0 Å². The van der Waals surface area contributed by atoms with Crippen LogP contribution < -0.4 is 0 Å². The lowest BCUT2D eigenvalue weighted by atomic mass is 9.92. The molecule has 2 unspecified atom stereocenters. The fourth-order valence-electron chi connectivity index (χ4n) is 1.87. The first-order chi connectivity index (χ1) is 9.47.